The molecule has 0 bridgehead atoms. The lowest BCUT2D eigenvalue weighted by Gasteiger charge is -2.24. The second kappa shape index (κ2) is 6.69. The van der Waals surface area contributed by atoms with Gasteiger partial charge in [-0.3, -0.25) is 0 Å². The van der Waals surface area contributed by atoms with Crippen molar-refractivity contribution in [2.45, 2.75) is 12.5 Å². The third-order valence-corrected chi connectivity index (χ3v) is 2.87. The van der Waals surface area contributed by atoms with Crippen LogP contribution in [0, 0.1) is 5.82 Å². The Morgan fingerprint density at radius 3 is 3.18 bits per heavy atom. The van der Waals surface area contributed by atoms with Gasteiger partial charge in [0, 0.05) is 19.1 Å². The number of halogens is 1. The molecular formula is C13H19FN2O. The summed E-state index contributed by atoms with van der Waals surface area (Å²) in [7, 11) is 0. The molecular weight excluding hydrogens is 219 g/mol. The van der Waals surface area contributed by atoms with Gasteiger partial charge in [-0.05, 0) is 30.7 Å². The molecule has 0 radical (unpaired) electrons. The number of rotatable bonds is 5. The minimum Gasteiger partial charge on any atom is -0.378 e. The first-order valence-electron chi connectivity index (χ1n) is 6.11. The summed E-state index contributed by atoms with van der Waals surface area (Å²) in [6, 6.07) is 7.16. The predicted molar refractivity (Wildman–Crippen MR) is 65.6 cm³/mol. The van der Waals surface area contributed by atoms with E-state index in [1.165, 1.54) is 6.07 Å². The summed E-state index contributed by atoms with van der Waals surface area (Å²) in [6.07, 6.45) is 0.853. The van der Waals surface area contributed by atoms with E-state index in [1.807, 2.05) is 6.07 Å². The summed E-state index contributed by atoms with van der Waals surface area (Å²) in [5, 5.41) is 6.74. The number of ether oxygens (including phenoxy) is 1. The van der Waals surface area contributed by atoms with Gasteiger partial charge in [0.1, 0.15) is 5.82 Å². The zero-order valence-corrected chi connectivity index (χ0v) is 9.92. The van der Waals surface area contributed by atoms with Crippen LogP contribution in [0.5, 0.6) is 0 Å². The summed E-state index contributed by atoms with van der Waals surface area (Å²) in [6.45, 7) is 4.26. The normalized spacial score (nSPS) is 20.4. The van der Waals surface area contributed by atoms with Gasteiger partial charge in [0.2, 0.25) is 0 Å². The number of hydrogen-bond acceptors (Lipinski definition) is 3. The van der Waals surface area contributed by atoms with Crippen molar-refractivity contribution in [1.82, 2.24) is 10.6 Å². The van der Waals surface area contributed by atoms with Gasteiger partial charge in [-0.15, -0.1) is 0 Å². The summed E-state index contributed by atoms with van der Waals surface area (Å²) in [5.41, 5.74) is 1.03. The largest absolute Gasteiger partial charge is 0.378 e. The number of morpholine rings is 1. The highest BCUT2D eigenvalue weighted by atomic mass is 19.1. The summed E-state index contributed by atoms with van der Waals surface area (Å²) in [4.78, 5) is 0. The Balaban J connectivity index is 1.62. The fourth-order valence-electron chi connectivity index (χ4n) is 1.95. The molecule has 2 rings (SSSR count). The second-order valence-corrected chi connectivity index (χ2v) is 4.31. The van der Waals surface area contributed by atoms with E-state index in [0.717, 1.165) is 44.8 Å². The van der Waals surface area contributed by atoms with Crippen molar-refractivity contribution >= 4 is 0 Å². The maximum atomic E-state index is 12.9. The van der Waals surface area contributed by atoms with E-state index >= 15 is 0 Å². The smallest absolute Gasteiger partial charge is 0.123 e. The fourth-order valence-corrected chi connectivity index (χ4v) is 1.95. The first-order chi connectivity index (χ1) is 8.34. The van der Waals surface area contributed by atoms with Gasteiger partial charge in [0.25, 0.3) is 0 Å². The molecule has 1 aliphatic rings. The highest BCUT2D eigenvalue weighted by Gasteiger charge is 2.11. The maximum Gasteiger partial charge on any atom is 0.123 e. The molecule has 0 amide bonds. The van der Waals surface area contributed by atoms with Crippen molar-refractivity contribution in [3.8, 4) is 0 Å². The van der Waals surface area contributed by atoms with E-state index in [-0.39, 0.29) is 5.82 Å². The Hall–Kier alpha value is -0.970. The van der Waals surface area contributed by atoms with E-state index in [0.29, 0.717) is 6.04 Å². The van der Waals surface area contributed by atoms with Crippen LogP contribution in [0.15, 0.2) is 24.3 Å². The lowest BCUT2D eigenvalue weighted by atomic mass is 10.1. The quantitative estimate of drug-likeness (QED) is 0.749. The molecule has 4 heteroatoms. The van der Waals surface area contributed by atoms with Crippen molar-refractivity contribution in [3.63, 3.8) is 0 Å². The third kappa shape index (κ3) is 4.42. The van der Waals surface area contributed by atoms with Gasteiger partial charge < -0.3 is 15.4 Å². The van der Waals surface area contributed by atoms with Gasteiger partial charge in [0.05, 0.1) is 13.2 Å². The van der Waals surface area contributed by atoms with Crippen LogP contribution in [0.1, 0.15) is 5.56 Å². The highest BCUT2D eigenvalue weighted by molar-refractivity contribution is 5.16. The molecule has 1 aromatic rings. The van der Waals surface area contributed by atoms with Crippen LogP contribution in [0.2, 0.25) is 0 Å². The molecule has 1 aliphatic heterocycles. The fraction of sp³-hybridized carbons (Fsp3) is 0.538. The molecule has 2 N–H and O–H groups in total. The summed E-state index contributed by atoms with van der Waals surface area (Å²) in [5.74, 6) is -0.162. The molecule has 0 aromatic heterocycles. The first-order valence-corrected chi connectivity index (χ1v) is 6.11. The Kier molecular flexibility index (Phi) is 4.91. The Labute approximate surface area is 101 Å². The van der Waals surface area contributed by atoms with Crippen LogP contribution in [-0.2, 0) is 11.2 Å². The predicted octanol–water partition coefficient (Wildman–Crippen LogP) is 0.946. The first kappa shape index (κ1) is 12.5. The minimum absolute atomic E-state index is 0.162. The topological polar surface area (TPSA) is 33.3 Å². The lowest BCUT2D eigenvalue weighted by Crippen LogP contribution is -2.47. The molecule has 17 heavy (non-hydrogen) atoms. The molecule has 0 spiro atoms. The average molecular weight is 238 g/mol. The molecule has 94 valence electrons. The van der Waals surface area contributed by atoms with Crippen LogP contribution in [-0.4, -0.2) is 38.9 Å². The molecule has 0 saturated carbocycles. The number of hydrogen-bond donors (Lipinski definition) is 2. The van der Waals surface area contributed by atoms with Crippen LogP contribution in [0.3, 0.4) is 0 Å². The van der Waals surface area contributed by atoms with Crippen LogP contribution < -0.4 is 10.6 Å². The van der Waals surface area contributed by atoms with Crippen molar-refractivity contribution in [3.05, 3.63) is 35.6 Å². The Morgan fingerprint density at radius 2 is 2.41 bits per heavy atom. The van der Waals surface area contributed by atoms with E-state index in [9.17, 15) is 4.39 Å². The second-order valence-electron chi connectivity index (χ2n) is 4.31. The molecule has 3 nitrogen and oxygen atoms in total. The SMILES string of the molecule is Fc1cccc(CCNCC2COCCN2)c1. The van der Waals surface area contributed by atoms with Gasteiger partial charge in [-0.25, -0.2) is 4.39 Å². The Bertz CT molecular complexity index is 340. The van der Waals surface area contributed by atoms with Gasteiger partial charge >= 0.3 is 0 Å². The van der Waals surface area contributed by atoms with Crippen molar-refractivity contribution < 1.29 is 9.13 Å². The van der Waals surface area contributed by atoms with E-state index in [2.05, 4.69) is 10.6 Å². The van der Waals surface area contributed by atoms with Gasteiger partial charge in [-0.1, -0.05) is 12.1 Å². The standard InChI is InChI=1S/C13H19FN2O/c14-12-3-1-2-11(8-12)4-5-15-9-13-10-17-7-6-16-13/h1-3,8,13,15-16H,4-7,9-10H2. The number of benzene rings is 1. The van der Waals surface area contributed by atoms with Crippen LogP contribution >= 0.6 is 0 Å². The highest BCUT2D eigenvalue weighted by Crippen LogP contribution is 2.03. The van der Waals surface area contributed by atoms with E-state index < -0.39 is 0 Å². The third-order valence-electron chi connectivity index (χ3n) is 2.87. The summed E-state index contributed by atoms with van der Waals surface area (Å²) < 4.78 is 18.3. The summed E-state index contributed by atoms with van der Waals surface area (Å²) >= 11 is 0. The minimum atomic E-state index is -0.162. The van der Waals surface area contributed by atoms with Crippen LogP contribution in [0.4, 0.5) is 4.39 Å². The molecule has 1 saturated heterocycles. The zero-order chi connectivity index (χ0) is 11.9. The lowest BCUT2D eigenvalue weighted by molar-refractivity contribution is 0.0768. The monoisotopic (exact) mass is 238 g/mol. The molecule has 1 atom stereocenters. The van der Waals surface area contributed by atoms with Crippen LogP contribution in [0.25, 0.3) is 0 Å². The van der Waals surface area contributed by atoms with E-state index in [1.54, 1.807) is 12.1 Å². The van der Waals surface area contributed by atoms with Gasteiger partial charge in [0.15, 0.2) is 0 Å². The van der Waals surface area contributed by atoms with Crippen molar-refractivity contribution in [2.24, 2.45) is 0 Å². The molecule has 1 fully saturated rings. The average Bonchev–Trinajstić information content (AvgIpc) is 2.36. The maximum absolute atomic E-state index is 12.9. The molecule has 1 unspecified atom stereocenters. The van der Waals surface area contributed by atoms with Crippen molar-refractivity contribution in [1.29, 1.82) is 0 Å². The van der Waals surface area contributed by atoms with Gasteiger partial charge in [-0.2, -0.15) is 0 Å². The Morgan fingerprint density at radius 1 is 1.47 bits per heavy atom. The molecule has 0 aliphatic carbocycles. The molecule has 1 aromatic carbocycles. The number of nitrogens with one attached hydrogen (secondary N) is 2. The van der Waals surface area contributed by atoms with Crippen molar-refractivity contribution in [2.75, 3.05) is 32.8 Å². The zero-order valence-electron chi connectivity index (χ0n) is 9.92. The van der Waals surface area contributed by atoms with E-state index in [4.69, 9.17) is 4.74 Å². The molecule has 1 heterocycles.